The lowest BCUT2D eigenvalue weighted by molar-refractivity contribution is 0.459. The molecular weight excluding hydrogens is 259 g/mol. The minimum Gasteiger partial charge on any atom is -0.319 e. The van der Waals surface area contributed by atoms with Gasteiger partial charge in [0.25, 0.3) is 0 Å². The molecule has 2 nitrogen and oxygen atoms in total. The van der Waals surface area contributed by atoms with Crippen LogP contribution in [-0.4, -0.2) is 4.98 Å². The third-order valence-corrected chi connectivity index (χ3v) is 5.57. The Kier molecular flexibility index (Phi) is 2.35. The van der Waals surface area contributed by atoms with E-state index in [0.29, 0.717) is 0 Å². The molecule has 0 unspecified atom stereocenters. The number of nitrogens with zero attached hydrogens (tertiary/aromatic N) is 1. The van der Waals surface area contributed by atoms with Gasteiger partial charge in [-0.05, 0) is 36.6 Å². The van der Waals surface area contributed by atoms with Gasteiger partial charge in [-0.15, -0.1) is 11.3 Å². The van der Waals surface area contributed by atoms with Gasteiger partial charge in [0.05, 0.1) is 11.2 Å². The highest BCUT2D eigenvalue weighted by molar-refractivity contribution is 7.12. The van der Waals surface area contributed by atoms with Crippen molar-refractivity contribution < 1.29 is 4.39 Å². The topological polar surface area (TPSA) is 38.9 Å². The molecule has 19 heavy (non-hydrogen) atoms. The average molecular weight is 274 g/mol. The second kappa shape index (κ2) is 3.87. The summed E-state index contributed by atoms with van der Waals surface area (Å²) in [5.41, 5.74) is 9.43. The molecule has 4 rings (SSSR count). The van der Waals surface area contributed by atoms with Gasteiger partial charge in [-0.2, -0.15) is 0 Å². The van der Waals surface area contributed by atoms with Gasteiger partial charge in [0.15, 0.2) is 0 Å². The van der Waals surface area contributed by atoms with E-state index in [1.54, 1.807) is 17.4 Å². The van der Waals surface area contributed by atoms with E-state index in [2.05, 4.69) is 0 Å². The summed E-state index contributed by atoms with van der Waals surface area (Å²) < 4.78 is 13.2. The standard InChI is InChI=1S/C15H15FN2S/c16-10-3-4-11-9(7-10)8-12-13(11)18-14(19-12)15(17)5-1-2-6-15/h3-4,7H,1-2,5-6,8,17H2. The molecule has 0 spiro atoms. The van der Waals surface area contributed by atoms with Crippen LogP contribution in [-0.2, 0) is 12.0 Å². The Morgan fingerprint density at radius 2 is 2.05 bits per heavy atom. The van der Waals surface area contributed by atoms with Crippen LogP contribution in [0.3, 0.4) is 0 Å². The Morgan fingerprint density at radius 1 is 1.26 bits per heavy atom. The van der Waals surface area contributed by atoms with Gasteiger partial charge in [0, 0.05) is 16.9 Å². The summed E-state index contributed by atoms with van der Waals surface area (Å²) in [7, 11) is 0. The van der Waals surface area contributed by atoms with Crippen LogP contribution in [0, 0.1) is 5.82 Å². The van der Waals surface area contributed by atoms with Crippen LogP contribution in [0.1, 0.15) is 41.1 Å². The summed E-state index contributed by atoms with van der Waals surface area (Å²) in [5, 5.41) is 1.07. The maximum Gasteiger partial charge on any atom is 0.123 e. The second-order valence-electron chi connectivity index (χ2n) is 5.63. The summed E-state index contributed by atoms with van der Waals surface area (Å²) in [5.74, 6) is -0.166. The van der Waals surface area contributed by atoms with Gasteiger partial charge in [-0.3, -0.25) is 0 Å². The number of hydrogen-bond donors (Lipinski definition) is 1. The molecule has 0 radical (unpaired) electrons. The first-order chi connectivity index (χ1) is 9.16. The zero-order valence-electron chi connectivity index (χ0n) is 10.6. The fourth-order valence-electron chi connectivity index (χ4n) is 3.23. The minimum absolute atomic E-state index is 0.166. The van der Waals surface area contributed by atoms with Gasteiger partial charge < -0.3 is 5.73 Å². The van der Waals surface area contributed by atoms with Crippen molar-refractivity contribution in [1.29, 1.82) is 0 Å². The zero-order chi connectivity index (χ0) is 13.0. The molecule has 1 aromatic heterocycles. The number of hydrogen-bond acceptors (Lipinski definition) is 3. The van der Waals surface area contributed by atoms with E-state index in [0.717, 1.165) is 41.1 Å². The lowest BCUT2D eigenvalue weighted by Crippen LogP contribution is -2.32. The summed E-state index contributed by atoms with van der Waals surface area (Å²) in [6.07, 6.45) is 5.27. The molecule has 98 valence electrons. The van der Waals surface area contributed by atoms with Crippen molar-refractivity contribution in [3.63, 3.8) is 0 Å². The van der Waals surface area contributed by atoms with E-state index in [9.17, 15) is 4.39 Å². The highest BCUT2D eigenvalue weighted by Gasteiger charge is 2.36. The predicted octanol–water partition coefficient (Wildman–Crippen LogP) is 3.58. The molecule has 1 aromatic carbocycles. The molecule has 2 aliphatic rings. The van der Waals surface area contributed by atoms with Crippen molar-refractivity contribution >= 4 is 11.3 Å². The lowest BCUT2D eigenvalue weighted by Gasteiger charge is -2.20. The molecule has 0 bridgehead atoms. The smallest absolute Gasteiger partial charge is 0.123 e. The number of rotatable bonds is 1. The maximum absolute atomic E-state index is 13.2. The Balaban J connectivity index is 1.79. The van der Waals surface area contributed by atoms with Crippen molar-refractivity contribution in [3.8, 4) is 11.3 Å². The molecule has 2 N–H and O–H groups in total. The van der Waals surface area contributed by atoms with Crippen molar-refractivity contribution in [3.05, 3.63) is 39.5 Å². The van der Waals surface area contributed by atoms with Gasteiger partial charge in [0.2, 0.25) is 0 Å². The summed E-state index contributed by atoms with van der Waals surface area (Å²) in [6.45, 7) is 0. The molecule has 0 aliphatic heterocycles. The largest absolute Gasteiger partial charge is 0.319 e. The number of fused-ring (bicyclic) bond motifs is 3. The van der Waals surface area contributed by atoms with E-state index in [4.69, 9.17) is 10.7 Å². The van der Waals surface area contributed by atoms with Gasteiger partial charge in [0.1, 0.15) is 10.8 Å². The van der Waals surface area contributed by atoms with Crippen LogP contribution in [0.15, 0.2) is 18.2 Å². The van der Waals surface area contributed by atoms with Crippen LogP contribution >= 0.6 is 11.3 Å². The highest BCUT2D eigenvalue weighted by atomic mass is 32.1. The molecule has 0 atom stereocenters. The van der Waals surface area contributed by atoms with E-state index in [-0.39, 0.29) is 11.4 Å². The Labute approximate surface area is 115 Å². The first-order valence-corrected chi connectivity index (χ1v) is 7.55. The number of aromatic nitrogens is 1. The average Bonchev–Trinajstić information content (AvgIpc) is 3.02. The van der Waals surface area contributed by atoms with Crippen LogP contribution in [0.4, 0.5) is 4.39 Å². The zero-order valence-corrected chi connectivity index (χ0v) is 11.4. The van der Waals surface area contributed by atoms with Gasteiger partial charge in [-0.25, -0.2) is 9.37 Å². The Bertz CT molecular complexity index is 656. The Morgan fingerprint density at radius 3 is 2.84 bits per heavy atom. The molecule has 2 aromatic rings. The maximum atomic E-state index is 13.2. The molecule has 4 heteroatoms. The normalized spacial score (nSPS) is 19.5. The van der Waals surface area contributed by atoms with Crippen LogP contribution in [0.2, 0.25) is 0 Å². The summed E-state index contributed by atoms with van der Waals surface area (Å²) >= 11 is 1.72. The number of halogens is 1. The fourth-order valence-corrected chi connectivity index (χ4v) is 4.48. The third-order valence-electron chi connectivity index (χ3n) is 4.29. The highest BCUT2D eigenvalue weighted by Crippen LogP contribution is 2.45. The minimum atomic E-state index is -0.213. The quantitative estimate of drug-likeness (QED) is 0.736. The fraction of sp³-hybridized carbons (Fsp3) is 0.400. The monoisotopic (exact) mass is 274 g/mol. The molecule has 1 saturated carbocycles. The van der Waals surface area contributed by atoms with E-state index >= 15 is 0 Å². The number of thiazole rings is 1. The summed E-state index contributed by atoms with van der Waals surface area (Å²) in [4.78, 5) is 6.03. The molecule has 0 amide bonds. The molecule has 0 saturated heterocycles. The summed E-state index contributed by atoms with van der Waals surface area (Å²) in [6, 6.07) is 4.98. The van der Waals surface area contributed by atoms with E-state index in [1.165, 1.54) is 23.8 Å². The lowest BCUT2D eigenvalue weighted by atomic mass is 10.0. The van der Waals surface area contributed by atoms with Crippen LogP contribution in [0.25, 0.3) is 11.3 Å². The first-order valence-electron chi connectivity index (χ1n) is 6.74. The number of nitrogens with two attached hydrogens (primary N) is 1. The van der Waals surface area contributed by atoms with E-state index in [1.807, 2.05) is 6.07 Å². The van der Waals surface area contributed by atoms with Crippen molar-refractivity contribution in [1.82, 2.24) is 4.98 Å². The van der Waals surface area contributed by atoms with Crippen molar-refractivity contribution in [2.24, 2.45) is 5.73 Å². The van der Waals surface area contributed by atoms with Crippen molar-refractivity contribution in [2.75, 3.05) is 0 Å². The van der Waals surface area contributed by atoms with Crippen LogP contribution < -0.4 is 5.73 Å². The molecular formula is C15H15FN2S. The molecule has 1 fully saturated rings. The van der Waals surface area contributed by atoms with Gasteiger partial charge in [-0.1, -0.05) is 12.8 Å². The SMILES string of the molecule is NC1(c2nc3c(s2)Cc2cc(F)ccc2-3)CCCC1. The number of benzene rings is 1. The molecule has 2 aliphatic carbocycles. The second-order valence-corrected chi connectivity index (χ2v) is 6.72. The first kappa shape index (κ1) is 11.6. The molecule has 1 heterocycles. The van der Waals surface area contributed by atoms with Gasteiger partial charge >= 0.3 is 0 Å². The Hall–Kier alpha value is -1.26. The van der Waals surface area contributed by atoms with Crippen molar-refractivity contribution in [2.45, 2.75) is 37.6 Å². The van der Waals surface area contributed by atoms with E-state index < -0.39 is 0 Å². The predicted molar refractivity (Wildman–Crippen MR) is 74.6 cm³/mol. The third kappa shape index (κ3) is 1.66. The van der Waals surface area contributed by atoms with Crippen LogP contribution in [0.5, 0.6) is 0 Å².